The van der Waals surface area contributed by atoms with Crippen molar-refractivity contribution in [1.29, 1.82) is 10.5 Å². The first-order valence-electron chi connectivity index (χ1n) is 5.53. The molecule has 1 aromatic carbocycles. The Morgan fingerprint density at radius 2 is 1.67 bits per heavy atom. The van der Waals surface area contributed by atoms with Crippen LogP contribution in [0.25, 0.3) is 0 Å². The van der Waals surface area contributed by atoms with E-state index in [9.17, 15) is 4.79 Å². The third-order valence-corrected chi connectivity index (χ3v) is 2.19. The van der Waals surface area contributed by atoms with Crippen LogP contribution in [0.3, 0.4) is 0 Å². The van der Waals surface area contributed by atoms with Crippen molar-refractivity contribution in [1.82, 2.24) is 4.90 Å². The van der Waals surface area contributed by atoms with Crippen molar-refractivity contribution in [3.63, 3.8) is 0 Å². The third kappa shape index (κ3) is 4.54. The standard InChI is InChI=1S/C13H13N3O2/c14-8-4-10-16(11-5-9-15)13(17)18-12-6-2-1-3-7-12/h1-3,6-7H,4-5,10-11H2. The zero-order chi connectivity index (χ0) is 13.2. The number of carbonyl (C=O) groups is 1. The Labute approximate surface area is 106 Å². The number of carbonyl (C=O) groups excluding carboxylic acids is 1. The molecule has 0 bridgehead atoms. The second-order valence-electron chi connectivity index (χ2n) is 3.48. The fraction of sp³-hybridized carbons (Fsp3) is 0.308. The number of ether oxygens (including phenoxy) is 1. The van der Waals surface area contributed by atoms with Gasteiger partial charge in [0.15, 0.2) is 0 Å². The molecule has 0 atom stereocenters. The molecule has 0 unspecified atom stereocenters. The van der Waals surface area contributed by atoms with E-state index in [2.05, 4.69) is 0 Å². The van der Waals surface area contributed by atoms with Gasteiger partial charge in [-0.3, -0.25) is 0 Å². The van der Waals surface area contributed by atoms with Crippen molar-refractivity contribution >= 4 is 6.09 Å². The van der Waals surface area contributed by atoms with Crippen LogP contribution in [0.5, 0.6) is 5.75 Å². The monoisotopic (exact) mass is 243 g/mol. The van der Waals surface area contributed by atoms with Gasteiger partial charge in [0.25, 0.3) is 0 Å². The number of nitriles is 2. The number of benzene rings is 1. The van der Waals surface area contributed by atoms with E-state index in [1.165, 1.54) is 4.90 Å². The van der Waals surface area contributed by atoms with Crippen LogP contribution in [-0.4, -0.2) is 24.1 Å². The summed E-state index contributed by atoms with van der Waals surface area (Å²) in [5, 5.41) is 17.0. The minimum absolute atomic E-state index is 0.218. The van der Waals surface area contributed by atoms with E-state index < -0.39 is 6.09 Å². The van der Waals surface area contributed by atoms with Crippen molar-refractivity contribution in [2.45, 2.75) is 12.8 Å². The first-order chi connectivity index (χ1) is 8.77. The number of rotatable bonds is 5. The molecule has 5 heteroatoms. The number of para-hydroxylation sites is 1. The maximum Gasteiger partial charge on any atom is 0.415 e. The molecule has 0 heterocycles. The topological polar surface area (TPSA) is 77.1 Å². The lowest BCUT2D eigenvalue weighted by molar-refractivity contribution is 0.154. The van der Waals surface area contributed by atoms with Gasteiger partial charge < -0.3 is 9.64 Å². The molecule has 1 aromatic rings. The Bertz CT molecular complexity index is 441. The number of nitrogens with zero attached hydrogens (tertiary/aromatic N) is 3. The molecule has 18 heavy (non-hydrogen) atoms. The summed E-state index contributed by atoms with van der Waals surface area (Å²) in [6, 6.07) is 12.6. The molecule has 0 fully saturated rings. The maximum absolute atomic E-state index is 11.8. The van der Waals surface area contributed by atoms with Crippen molar-refractivity contribution in [2.24, 2.45) is 0 Å². The highest BCUT2D eigenvalue weighted by Crippen LogP contribution is 2.10. The van der Waals surface area contributed by atoms with E-state index >= 15 is 0 Å². The molecule has 1 amide bonds. The zero-order valence-corrected chi connectivity index (χ0v) is 9.87. The summed E-state index contributed by atoms with van der Waals surface area (Å²) in [6.07, 6.45) is -0.100. The summed E-state index contributed by atoms with van der Waals surface area (Å²) in [5.41, 5.74) is 0. The van der Waals surface area contributed by atoms with E-state index in [0.29, 0.717) is 5.75 Å². The highest BCUT2D eigenvalue weighted by Gasteiger charge is 2.14. The van der Waals surface area contributed by atoms with E-state index in [1.807, 2.05) is 18.2 Å². The summed E-state index contributed by atoms with van der Waals surface area (Å²) < 4.78 is 5.14. The molecule has 0 radical (unpaired) electrons. The van der Waals surface area contributed by atoms with Gasteiger partial charge in [0.05, 0.1) is 25.0 Å². The summed E-state index contributed by atoms with van der Waals surface area (Å²) >= 11 is 0. The number of amides is 1. The molecule has 0 aliphatic heterocycles. The van der Waals surface area contributed by atoms with Crippen LogP contribution in [-0.2, 0) is 0 Å². The van der Waals surface area contributed by atoms with E-state index in [4.69, 9.17) is 15.3 Å². The van der Waals surface area contributed by atoms with Crippen LogP contribution < -0.4 is 4.74 Å². The molecule has 0 N–H and O–H groups in total. The lowest BCUT2D eigenvalue weighted by Gasteiger charge is -2.19. The Hall–Kier alpha value is -2.53. The first kappa shape index (κ1) is 13.5. The average molecular weight is 243 g/mol. The fourth-order valence-electron chi connectivity index (χ4n) is 1.32. The molecule has 92 valence electrons. The molecule has 0 spiro atoms. The van der Waals surface area contributed by atoms with Crippen molar-refractivity contribution in [2.75, 3.05) is 13.1 Å². The van der Waals surface area contributed by atoms with E-state index in [1.54, 1.807) is 24.3 Å². The third-order valence-electron chi connectivity index (χ3n) is 2.19. The minimum atomic E-state index is -0.535. The summed E-state index contributed by atoms with van der Waals surface area (Å²) in [4.78, 5) is 13.2. The van der Waals surface area contributed by atoms with Gasteiger partial charge in [-0.25, -0.2) is 4.79 Å². The van der Waals surface area contributed by atoms with Gasteiger partial charge in [-0.05, 0) is 12.1 Å². The molecule has 0 saturated carbocycles. The Kier molecular flexibility index (Phi) is 5.79. The second kappa shape index (κ2) is 7.70. The van der Waals surface area contributed by atoms with E-state index in [-0.39, 0.29) is 25.9 Å². The van der Waals surface area contributed by atoms with Crippen molar-refractivity contribution in [3.8, 4) is 17.9 Å². The molecule has 0 aliphatic carbocycles. The van der Waals surface area contributed by atoms with Crippen LogP contribution >= 0.6 is 0 Å². The van der Waals surface area contributed by atoms with Gasteiger partial charge in [0.1, 0.15) is 5.75 Å². The van der Waals surface area contributed by atoms with Gasteiger partial charge in [0.2, 0.25) is 0 Å². The highest BCUT2D eigenvalue weighted by molar-refractivity contribution is 5.70. The largest absolute Gasteiger partial charge is 0.415 e. The fourth-order valence-corrected chi connectivity index (χ4v) is 1.32. The molecule has 0 aromatic heterocycles. The van der Waals surface area contributed by atoms with Gasteiger partial charge >= 0.3 is 6.09 Å². The average Bonchev–Trinajstić information content (AvgIpc) is 2.40. The maximum atomic E-state index is 11.8. The van der Waals surface area contributed by atoms with Crippen LogP contribution in [0.2, 0.25) is 0 Å². The predicted molar refractivity (Wildman–Crippen MR) is 64.5 cm³/mol. The molecule has 0 aliphatic rings. The summed E-state index contributed by atoms with van der Waals surface area (Å²) in [7, 11) is 0. The SMILES string of the molecule is N#CCCN(CCC#N)C(=O)Oc1ccccc1. The van der Waals surface area contributed by atoms with Crippen LogP contribution in [0.15, 0.2) is 30.3 Å². The van der Waals surface area contributed by atoms with Crippen molar-refractivity contribution < 1.29 is 9.53 Å². The highest BCUT2D eigenvalue weighted by atomic mass is 16.6. The van der Waals surface area contributed by atoms with Crippen LogP contribution in [0, 0.1) is 22.7 Å². The van der Waals surface area contributed by atoms with Gasteiger partial charge in [-0.1, -0.05) is 18.2 Å². The normalized spacial score (nSPS) is 9.00. The lowest BCUT2D eigenvalue weighted by Crippen LogP contribution is -2.35. The number of hydrogen-bond donors (Lipinski definition) is 0. The van der Waals surface area contributed by atoms with Gasteiger partial charge in [-0.15, -0.1) is 0 Å². The Morgan fingerprint density at radius 1 is 1.11 bits per heavy atom. The van der Waals surface area contributed by atoms with Gasteiger partial charge in [0, 0.05) is 13.1 Å². The molecule has 1 rings (SSSR count). The first-order valence-corrected chi connectivity index (χ1v) is 5.53. The minimum Gasteiger partial charge on any atom is -0.410 e. The Morgan fingerprint density at radius 3 is 2.17 bits per heavy atom. The molecule has 0 saturated heterocycles. The predicted octanol–water partition coefficient (Wildman–Crippen LogP) is 2.31. The quantitative estimate of drug-likeness (QED) is 0.795. The van der Waals surface area contributed by atoms with Crippen LogP contribution in [0.1, 0.15) is 12.8 Å². The number of hydrogen-bond acceptors (Lipinski definition) is 4. The molecular formula is C13H13N3O2. The van der Waals surface area contributed by atoms with Crippen molar-refractivity contribution in [3.05, 3.63) is 30.3 Å². The summed E-state index contributed by atoms with van der Waals surface area (Å²) in [6.45, 7) is 0.535. The van der Waals surface area contributed by atoms with Crippen LogP contribution in [0.4, 0.5) is 4.79 Å². The summed E-state index contributed by atoms with van der Waals surface area (Å²) in [5.74, 6) is 0.446. The lowest BCUT2D eigenvalue weighted by atomic mass is 10.3. The second-order valence-corrected chi connectivity index (χ2v) is 3.48. The molecular weight excluding hydrogens is 230 g/mol. The zero-order valence-electron chi connectivity index (χ0n) is 9.87. The smallest absolute Gasteiger partial charge is 0.410 e. The van der Waals surface area contributed by atoms with Gasteiger partial charge in [-0.2, -0.15) is 10.5 Å². The van der Waals surface area contributed by atoms with E-state index in [0.717, 1.165) is 0 Å². The molecule has 5 nitrogen and oxygen atoms in total. The Balaban J connectivity index is 2.59.